The molecule has 1 aliphatic heterocycles. The zero-order valence-corrected chi connectivity index (χ0v) is 16.6. The summed E-state index contributed by atoms with van der Waals surface area (Å²) in [5, 5.41) is 0. The van der Waals surface area contributed by atoms with Crippen molar-refractivity contribution in [2.45, 2.75) is 4.90 Å². The molecule has 0 atom stereocenters. The summed E-state index contributed by atoms with van der Waals surface area (Å²) in [7, 11) is -0.0270. The smallest absolute Gasteiger partial charge is 0.243 e. The van der Waals surface area contributed by atoms with Crippen LogP contribution in [0.4, 0.5) is 11.6 Å². The molecule has 8 nitrogen and oxygen atoms in total. The molecular weight excluding hydrogens is 380 g/mol. The van der Waals surface area contributed by atoms with Crippen LogP contribution in [0.5, 0.6) is 5.75 Å². The third-order valence-corrected chi connectivity index (χ3v) is 6.72. The van der Waals surface area contributed by atoms with E-state index in [1.54, 1.807) is 25.3 Å². The normalized spacial score (nSPS) is 15.6. The average molecular weight is 402 g/mol. The van der Waals surface area contributed by atoms with E-state index in [0.29, 0.717) is 43.3 Å². The van der Waals surface area contributed by atoms with E-state index in [1.807, 2.05) is 36.2 Å². The highest BCUT2D eigenvalue weighted by Crippen LogP contribution is 2.27. The number of sulfonamides is 1. The molecule has 2 heterocycles. The number of H-pyrrole nitrogens is 1. The molecule has 0 unspecified atom stereocenters. The van der Waals surface area contributed by atoms with Crippen LogP contribution in [0.15, 0.2) is 47.4 Å². The van der Waals surface area contributed by atoms with Gasteiger partial charge in [-0.3, -0.25) is 0 Å². The lowest BCUT2D eigenvalue weighted by atomic mass is 10.3. The maximum absolute atomic E-state index is 12.9. The zero-order valence-electron chi connectivity index (χ0n) is 15.8. The first-order chi connectivity index (χ1) is 13.5. The molecule has 9 heteroatoms. The first-order valence-corrected chi connectivity index (χ1v) is 10.4. The number of methoxy groups -OCH3 is 1. The Bertz CT molecular complexity index is 1070. The van der Waals surface area contributed by atoms with Gasteiger partial charge in [-0.05, 0) is 42.5 Å². The van der Waals surface area contributed by atoms with Crippen LogP contribution < -0.4 is 9.64 Å². The Kier molecular flexibility index (Phi) is 4.96. The van der Waals surface area contributed by atoms with Gasteiger partial charge in [-0.15, -0.1) is 0 Å². The Morgan fingerprint density at radius 1 is 1.14 bits per heavy atom. The quantitative estimate of drug-likeness (QED) is 0.705. The van der Waals surface area contributed by atoms with Gasteiger partial charge in [0.1, 0.15) is 5.75 Å². The number of benzene rings is 2. The second-order valence-electron chi connectivity index (χ2n) is 6.51. The minimum atomic E-state index is -3.55. The number of hydrogen-bond donors (Lipinski definition) is 1. The molecule has 0 amide bonds. The Hall–Kier alpha value is -2.62. The van der Waals surface area contributed by atoms with Crippen LogP contribution in [-0.2, 0) is 14.8 Å². The maximum Gasteiger partial charge on any atom is 0.243 e. The number of nitrogens with one attached hydrogen (secondary N) is 1. The molecule has 0 saturated carbocycles. The first kappa shape index (κ1) is 18.7. The minimum Gasteiger partial charge on any atom is -0.497 e. The van der Waals surface area contributed by atoms with Gasteiger partial charge in [-0.1, -0.05) is 0 Å². The summed E-state index contributed by atoms with van der Waals surface area (Å²) >= 11 is 0. The van der Waals surface area contributed by atoms with Crippen molar-refractivity contribution in [2.75, 3.05) is 45.4 Å². The van der Waals surface area contributed by atoms with E-state index in [2.05, 4.69) is 9.97 Å². The molecule has 0 aliphatic carbocycles. The van der Waals surface area contributed by atoms with E-state index < -0.39 is 10.0 Å². The van der Waals surface area contributed by atoms with Crippen LogP contribution in [0.25, 0.3) is 11.0 Å². The van der Waals surface area contributed by atoms with Crippen LogP contribution in [0.2, 0.25) is 0 Å². The van der Waals surface area contributed by atoms with Crippen LogP contribution in [0.3, 0.4) is 0 Å². The molecule has 0 bridgehead atoms. The third-order valence-electron chi connectivity index (χ3n) is 4.83. The Morgan fingerprint density at radius 2 is 1.86 bits per heavy atom. The van der Waals surface area contributed by atoms with E-state index in [4.69, 9.17) is 9.47 Å². The van der Waals surface area contributed by atoms with Gasteiger partial charge < -0.3 is 19.4 Å². The Balaban J connectivity index is 1.64. The maximum atomic E-state index is 12.9. The number of fused-ring (bicyclic) bond motifs is 1. The zero-order chi connectivity index (χ0) is 19.7. The second-order valence-corrected chi connectivity index (χ2v) is 8.45. The lowest BCUT2D eigenvalue weighted by molar-refractivity contribution is 0.0730. The molecule has 1 aliphatic rings. The molecule has 28 heavy (non-hydrogen) atoms. The fraction of sp³-hybridized carbons (Fsp3) is 0.316. The molecule has 4 rings (SSSR count). The van der Waals surface area contributed by atoms with Crippen molar-refractivity contribution in [1.82, 2.24) is 14.3 Å². The summed E-state index contributed by atoms with van der Waals surface area (Å²) in [6.07, 6.45) is 0. The predicted molar refractivity (Wildman–Crippen MR) is 107 cm³/mol. The Morgan fingerprint density at radius 3 is 2.54 bits per heavy atom. The number of aromatic amines is 1. The van der Waals surface area contributed by atoms with E-state index in [1.165, 1.54) is 4.31 Å². The van der Waals surface area contributed by atoms with Gasteiger partial charge in [0.2, 0.25) is 16.0 Å². The molecule has 2 aromatic carbocycles. The highest BCUT2D eigenvalue weighted by atomic mass is 32.2. The number of nitrogens with zero attached hydrogens (tertiary/aromatic N) is 3. The fourth-order valence-electron chi connectivity index (χ4n) is 3.16. The highest BCUT2D eigenvalue weighted by molar-refractivity contribution is 7.89. The number of imidazole rings is 1. The third kappa shape index (κ3) is 3.44. The van der Waals surface area contributed by atoms with Gasteiger partial charge in [-0.2, -0.15) is 4.31 Å². The van der Waals surface area contributed by atoms with Gasteiger partial charge in [0, 0.05) is 25.8 Å². The van der Waals surface area contributed by atoms with Crippen LogP contribution >= 0.6 is 0 Å². The Labute approximate surface area is 163 Å². The number of aromatic nitrogens is 2. The molecule has 0 radical (unpaired) electrons. The molecule has 0 spiro atoms. The number of anilines is 2. The molecule has 1 aromatic heterocycles. The SMILES string of the molecule is COc1ccc(N(C)c2nc3ccc(S(=O)(=O)N4CCOCC4)cc3[nH]2)cc1. The standard InChI is InChI=1S/C19H22N4O4S/c1-22(14-3-5-15(26-2)6-4-14)19-20-17-8-7-16(13-18(17)21-19)28(24,25)23-9-11-27-12-10-23/h3-8,13H,9-12H2,1-2H3,(H,20,21). The monoisotopic (exact) mass is 402 g/mol. The van der Waals surface area contributed by atoms with Gasteiger partial charge in [0.05, 0.1) is 36.3 Å². The number of rotatable bonds is 5. The van der Waals surface area contributed by atoms with Crippen molar-refractivity contribution in [2.24, 2.45) is 0 Å². The molecular formula is C19H22N4O4S. The van der Waals surface area contributed by atoms with Crippen molar-refractivity contribution in [3.05, 3.63) is 42.5 Å². The summed E-state index contributed by atoms with van der Waals surface area (Å²) in [5.74, 6) is 1.40. The van der Waals surface area contributed by atoms with Gasteiger partial charge >= 0.3 is 0 Å². The van der Waals surface area contributed by atoms with Crippen LogP contribution in [-0.4, -0.2) is 63.2 Å². The van der Waals surface area contributed by atoms with Crippen molar-refractivity contribution in [3.8, 4) is 5.75 Å². The van der Waals surface area contributed by atoms with E-state index >= 15 is 0 Å². The predicted octanol–water partition coefficient (Wildman–Crippen LogP) is 2.36. The van der Waals surface area contributed by atoms with E-state index in [9.17, 15) is 8.42 Å². The van der Waals surface area contributed by atoms with Crippen molar-refractivity contribution in [3.63, 3.8) is 0 Å². The van der Waals surface area contributed by atoms with Crippen molar-refractivity contribution >= 4 is 32.7 Å². The lowest BCUT2D eigenvalue weighted by Gasteiger charge is -2.25. The largest absolute Gasteiger partial charge is 0.497 e. The van der Waals surface area contributed by atoms with Crippen LogP contribution in [0, 0.1) is 0 Å². The summed E-state index contributed by atoms with van der Waals surface area (Å²) in [4.78, 5) is 9.94. The fourth-order valence-corrected chi connectivity index (χ4v) is 4.59. The van der Waals surface area contributed by atoms with E-state index in [-0.39, 0.29) is 4.90 Å². The second kappa shape index (κ2) is 7.42. The highest BCUT2D eigenvalue weighted by Gasteiger charge is 2.26. The number of ether oxygens (including phenoxy) is 2. The molecule has 1 saturated heterocycles. The average Bonchev–Trinajstić information content (AvgIpc) is 3.17. The molecule has 1 N–H and O–H groups in total. The van der Waals surface area contributed by atoms with Crippen LogP contribution in [0.1, 0.15) is 0 Å². The number of morpholine rings is 1. The number of hydrogen-bond acceptors (Lipinski definition) is 6. The summed E-state index contributed by atoms with van der Waals surface area (Å²) < 4.78 is 37.6. The van der Waals surface area contributed by atoms with Crippen molar-refractivity contribution < 1.29 is 17.9 Å². The molecule has 1 fully saturated rings. The topological polar surface area (TPSA) is 87.8 Å². The van der Waals surface area contributed by atoms with Gasteiger partial charge in [0.25, 0.3) is 0 Å². The minimum absolute atomic E-state index is 0.254. The molecule has 148 valence electrons. The van der Waals surface area contributed by atoms with Crippen molar-refractivity contribution in [1.29, 1.82) is 0 Å². The lowest BCUT2D eigenvalue weighted by Crippen LogP contribution is -2.40. The molecule has 3 aromatic rings. The van der Waals surface area contributed by atoms with Gasteiger partial charge in [-0.25, -0.2) is 13.4 Å². The summed E-state index contributed by atoms with van der Waals surface area (Å²) in [5.41, 5.74) is 2.31. The van der Waals surface area contributed by atoms with Gasteiger partial charge in [0.15, 0.2) is 0 Å². The summed E-state index contributed by atoms with van der Waals surface area (Å²) in [6.45, 7) is 1.58. The first-order valence-electron chi connectivity index (χ1n) is 8.94. The summed E-state index contributed by atoms with van der Waals surface area (Å²) in [6, 6.07) is 12.6. The van der Waals surface area contributed by atoms with E-state index in [0.717, 1.165) is 11.4 Å².